The molecule has 1 aliphatic heterocycles. The number of amides is 1. The Morgan fingerprint density at radius 2 is 2.20 bits per heavy atom. The van der Waals surface area contributed by atoms with Gasteiger partial charge >= 0.3 is 5.97 Å². The minimum atomic E-state index is -0.642. The number of hydrogen-bond acceptors (Lipinski definition) is 7. The zero-order valence-electron chi connectivity index (χ0n) is 11.2. The molecule has 9 heteroatoms. The molecule has 1 fully saturated rings. The van der Waals surface area contributed by atoms with Gasteiger partial charge in [0.05, 0.1) is 6.61 Å². The summed E-state index contributed by atoms with van der Waals surface area (Å²) in [5, 5.41) is 13.4. The highest BCUT2D eigenvalue weighted by atomic mass is 16.5. The molecule has 0 aliphatic carbocycles. The van der Waals surface area contributed by atoms with E-state index in [9.17, 15) is 9.59 Å². The van der Waals surface area contributed by atoms with E-state index in [1.165, 1.54) is 0 Å². The first-order valence-electron chi connectivity index (χ1n) is 6.51. The first kappa shape index (κ1) is 14.4. The van der Waals surface area contributed by atoms with Crippen molar-refractivity contribution in [1.29, 1.82) is 0 Å². The molecule has 1 amide bonds. The maximum absolute atomic E-state index is 11.9. The summed E-state index contributed by atoms with van der Waals surface area (Å²) in [6, 6.07) is 0.0961. The molecule has 1 aliphatic rings. The van der Waals surface area contributed by atoms with Crippen molar-refractivity contribution in [3.05, 3.63) is 5.82 Å². The molecule has 0 bridgehead atoms. The van der Waals surface area contributed by atoms with Gasteiger partial charge in [0.15, 0.2) is 0 Å². The van der Waals surface area contributed by atoms with E-state index in [-0.39, 0.29) is 30.9 Å². The van der Waals surface area contributed by atoms with Crippen LogP contribution in [0.4, 0.5) is 0 Å². The molecule has 0 atom stereocenters. The third-order valence-electron chi connectivity index (χ3n) is 2.87. The Bertz CT molecular complexity index is 469. The first-order valence-corrected chi connectivity index (χ1v) is 6.51. The maximum atomic E-state index is 11.9. The number of aromatic nitrogens is 4. The van der Waals surface area contributed by atoms with Crippen LogP contribution in [-0.4, -0.2) is 57.9 Å². The number of hydrogen-bond donors (Lipinski definition) is 1. The molecule has 0 unspecified atom stereocenters. The van der Waals surface area contributed by atoms with Crippen LogP contribution < -0.4 is 5.32 Å². The minimum absolute atomic E-state index is 0.0750. The predicted molar refractivity (Wildman–Crippen MR) is 65.8 cm³/mol. The Morgan fingerprint density at radius 1 is 1.45 bits per heavy atom. The average molecular weight is 283 g/mol. The van der Waals surface area contributed by atoms with Crippen molar-refractivity contribution in [3.63, 3.8) is 0 Å². The van der Waals surface area contributed by atoms with Crippen molar-refractivity contribution in [1.82, 2.24) is 25.5 Å². The van der Waals surface area contributed by atoms with Gasteiger partial charge in [0.2, 0.25) is 5.91 Å². The lowest BCUT2D eigenvalue weighted by molar-refractivity contribution is -0.123. The molecule has 2 heterocycles. The smallest absolute Gasteiger partial charge is 0.378 e. The topological polar surface area (TPSA) is 108 Å². The van der Waals surface area contributed by atoms with Crippen LogP contribution in [0, 0.1) is 0 Å². The maximum Gasteiger partial charge on any atom is 0.378 e. The number of rotatable bonds is 5. The molecule has 9 nitrogen and oxygen atoms in total. The molecule has 0 radical (unpaired) electrons. The van der Waals surface area contributed by atoms with E-state index in [0.29, 0.717) is 13.2 Å². The van der Waals surface area contributed by atoms with Gasteiger partial charge in [0, 0.05) is 19.3 Å². The Labute approximate surface area is 115 Å². The zero-order valence-corrected chi connectivity index (χ0v) is 11.2. The molecule has 20 heavy (non-hydrogen) atoms. The van der Waals surface area contributed by atoms with Gasteiger partial charge in [-0.1, -0.05) is 0 Å². The monoisotopic (exact) mass is 283 g/mol. The normalized spacial score (nSPS) is 15.8. The van der Waals surface area contributed by atoms with E-state index in [4.69, 9.17) is 9.47 Å². The van der Waals surface area contributed by atoms with Gasteiger partial charge in [-0.2, -0.15) is 0 Å². The van der Waals surface area contributed by atoms with Crippen molar-refractivity contribution in [2.75, 3.05) is 19.8 Å². The van der Waals surface area contributed by atoms with E-state index >= 15 is 0 Å². The van der Waals surface area contributed by atoms with E-state index < -0.39 is 5.97 Å². The van der Waals surface area contributed by atoms with Crippen LogP contribution in [0.3, 0.4) is 0 Å². The number of nitrogens with one attached hydrogen (secondary N) is 1. The lowest BCUT2D eigenvalue weighted by atomic mass is 10.1. The van der Waals surface area contributed by atoms with Crippen molar-refractivity contribution >= 4 is 11.9 Å². The van der Waals surface area contributed by atoms with E-state index in [0.717, 1.165) is 17.5 Å². The van der Waals surface area contributed by atoms with Crippen LogP contribution in [0.25, 0.3) is 0 Å². The lowest BCUT2D eigenvalue weighted by Crippen LogP contribution is -2.41. The van der Waals surface area contributed by atoms with Gasteiger partial charge in [0.1, 0.15) is 6.54 Å². The molecule has 0 aromatic carbocycles. The van der Waals surface area contributed by atoms with Crippen molar-refractivity contribution in [3.8, 4) is 0 Å². The summed E-state index contributed by atoms with van der Waals surface area (Å²) in [7, 11) is 0. The highest BCUT2D eigenvalue weighted by molar-refractivity contribution is 5.86. The fourth-order valence-electron chi connectivity index (χ4n) is 1.90. The molecule has 1 saturated heterocycles. The lowest BCUT2D eigenvalue weighted by Gasteiger charge is -2.23. The second-order valence-corrected chi connectivity index (χ2v) is 4.33. The highest BCUT2D eigenvalue weighted by Crippen LogP contribution is 2.06. The van der Waals surface area contributed by atoms with Crippen LogP contribution in [0.15, 0.2) is 0 Å². The minimum Gasteiger partial charge on any atom is -0.460 e. The quantitative estimate of drug-likeness (QED) is 0.701. The van der Waals surface area contributed by atoms with E-state index in [1.54, 1.807) is 6.92 Å². The molecule has 1 aromatic rings. The Morgan fingerprint density at radius 3 is 2.90 bits per heavy atom. The molecule has 0 saturated carbocycles. The summed E-state index contributed by atoms with van der Waals surface area (Å²) in [4.78, 5) is 23.5. The number of carbonyl (C=O) groups is 2. The summed E-state index contributed by atoms with van der Waals surface area (Å²) in [6.07, 6.45) is 1.57. The van der Waals surface area contributed by atoms with Crippen molar-refractivity contribution in [2.45, 2.75) is 32.4 Å². The number of ether oxygens (including phenoxy) is 2. The molecule has 1 aromatic heterocycles. The summed E-state index contributed by atoms with van der Waals surface area (Å²) in [5.41, 5.74) is 0. The molecule has 110 valence electrons. The van der Waals surface area contributed by atoms with Gasteiger partial charge < -0.3 is 14.8 Å². The van der Waals surface area contributed by atoms with Crippen LogP contribution in [-0.2, 0) is 20.8 Å². The van der Waals surface area contributed by atoms with Gasteiger partial charge in [-0.15, -0.1) is 5.10 Å². The second kappa shape index (κ2) is 6.94. The SMILES string of the molecule is CCOC(=O)c1nnnn1CC(=O)NC1CCOCC1. The van der Waals surface area contributed by atoms with Gasteiger partial charge in [-0.3, -0.25) is 4.79 Å². The van der Waals surface area contributed by atoms with Crippen LogP contribution in [0.2, 0.25) is 0 Å². The van der Waals surface area contributed by atoms with Crippen LogP contribution in [0.5, 0.6) is 0 Å². The van der Waals surface area contributed by atoms with E-state index in [1.807, 2.05) is 0 Å². The first-order chi connectivity index (χ1) is 9.70. The Kier molecular flexibility index (Phi) is 4.99. The Hall–Kier alpha value is -2.03. The van der Waals surface area contributed by atoms with Gasteiger partial charge in [-0.05, 0) is 30.2 Å². The van der Waals surface area contributed by atoms with E-state index in [2.05, 4.69) is 20.8 Å². The summed E-state index contributed by atoms with van der Waals surface area (Å²) in [5.74, 6) is -0.958. The third-order valence-corrected chi connectivity index (χ3v) is 2.87. The number of nitrogens with zero attached hydrogens (tertiary/aromatic N) is 4. The number of esters is 1. The standard InChI is InChI=1S/C11H17N5O4/c1-2-20-11(18)10-13-14-15-16(10)7-9(17)12-8-3-5-19-6-4-8/h8H,2-7H2,1H3,(H,12,17). The number of carbonyl (C=O) groups excluding carboxylic acids is 2. The predicted octanol–water partition coefficient (Wildman–Crippen LogP) is -0.855. The molecular weight excluding hydrogens is 266 g/mol. The largest absolute Gasteiger partial charge is 0.460 e. The van der Waals surface area contributed by atoms with Gasteiger partial charge in [-0.25, -0.2) is 9.48 Å². The summed E-state index contributed by atoms with van der Waals surface area (Å²) in [6.45, 7) is 3.08. The average Bonchev–Trinajstić information content (AvgIpc) is 2.88. The molecule has 0 spiro atoms. The molecule has 1 N–H and O–H groups in total. The second-order valence-electron chi connectivity index (χ2n) is 4.33. The third kappa shape index (κ3) is 3.73. The fourth-order valence-corrected chi connectivity index (χ4v) is 1.90. The molecular formula is C11H17N5O4. The van der Waals surface area contributed by atoms with Gasteiger partial charge in [0.25, 0.3) is 5.82 Å². The van der Waals surface area contributed by atoms with Crippen LogP contribution >= 0.6 is 0 Å². The summed E-state index contributed by atoms with van der Waals surface area (Å²) >= 11 is 0. The van der Waals surface area contributed by atoms with Crippen molar-refractivity contribution < 1.29 is 19.1 Å². The fraction of sp³-hybridized carbons (Fsp3) is 0.727. The zero-order chi connectivity index (χ0) is 14.4. The van der Waals surface area contributed by atoms with Crippen molar-refractivity contribution in [2.24, 2.45) is 0 Å². The Balaban J connectivity index is 1.90. The molecule has 2 rings (SSSR count). The summed E-state index contributed by atoms with van der Waals surface area (Å²) < 4.78 is 11.2. The number of tetrazole rings is 1. The highest BCUT2D eigenvalue weighted by Gasteiger charge is 2.21. The van der Waals surface area contributed by atoms with Crippen LogP contribution in [0.1, 0.15) is 30.4 Å².